The van der Waals surface area contributed by atoms with Crippen LogP contribution in [-0.2, 0) is 4.74 Å². The minimum Gasteiger partial charge on any atom is -0.450 e. The van der Waals surface area contributed by atoms with Crippen LogP contribution in [0.3, 0.4) is 0 Å². The average molecular weight is 397 g/mol. The summed E-state index contributed by atoms with van der Waals surface area (Å²) in [7, 11) is 0. The van der Waals surface area contributed by atoms with Crippen LogP contribution < -0.4 is 5.32 Å². The monoisotopic (exact) mass is 397 g/mol. The van der Waals surface area contributed by atoms with Gasteiger partial charge in [0.15, 0.2) is 0 Å². The highest BCUT2D eigenvalue weighted by molar-refractivity contribution is 5.92. The largest absolute Gasteiger partial charge is 0.450 e. The fourth-order valence-corrected chi connectivity index (χ4v) is 3.22. The molecule has 1 fully saturated rings. The highest BCUT2D eigenvalue weighted by Crippen LogP contribution is 2.25. The van der Waals surface area contributed by atoms with Crippen molar-refractivity contribution in [2.24, 2.45) is 0 Å². The Kier molecular flexibility index (Phi) is 6.64. The average Bonchev–Trinajstić information content (AvgIpc) is 2.74. The van der Waals surface area contributed by atoms with E-state index >= 15 is 0 Å². The number of benzene rings is 1. The van der Waals surface area contributed by atoms with Gasteiger partial charge >= 0.3 is 6.09 Å². The molecule has 3 rings (SSSR count). The van der Waals surface area contributed by atoms with Gasteiger partial charge in [-0.2, -0.15) is 0 Å². The molecule has 0 unspecified atom stereocenters. The molecule has 0 radical (unpaired) electrons. The molecule has 0 aliphatic carbocycles. The van der Waals surface area contributed by atoms with Crippen molar-refractivity contribution < 1.29 is 14.3 Å². The molecule has 8 nitrogen and oxygen atoms in total. The zero-order valence-corrected chi connectivity index (χ0v) is 17.1. The fraction of sp³-hybridized carbons (Fsp3) is 0.429. The van der Waals surface area contributed by atoms with E-state index in [0.29, 0.717) is 44.5 Å². The van der Waals surface area contributed by atoms with Crippen molar-refractivity contribution in [1.82, 2.24) is 19.8 Å². The molecular weight excluding hydrogens is 370 g/mol. The smallest absolute Gasteiger partial charge is 0.409 e. The van der Waals surface area contributed by atoms with Gasteiger partial charge < -0.3 is 19.9 Å². The summed E-state index contributed by atoms with van der Waals surface area (Å²) in [6.45, 7) is 8.17. The third-order valence-electron chi connectivity index (χ3n) is 4.81. The van der Waals surface area contributed by atoms with Gasteiger partial charge in [-0.3, -0.25) is 4.79 Å². The molecule has 1 saturated heterocycles. The number of aromatic nitrogens is 2. The Morgan fingerprint density at radius 1 is 1.07 bits per heavy atom. The zero-order chi connectivity index (χ0) is 20.8. The Morgan fingerprint density at radius 3 is 2.38 bits per heavy atom. The predicted molar refractivity (Wildman–Crippen MR) is 110 cm³/mol. The van der Waals surface area contributed by atoms with Gasteiger partial charge in [-0.25, -0.2) is 14.8 Å². The number of nitrogens with zero attached hydrogens (tertiary/aromatic N) is 4. The first-order valence-corrected chi connectivity index (χ1v) is 9.88. The molecule has 1 aromatic carbocycles. The number of ether oxygens (including phenoxy) is 1. The summed E-state index contributed by atoms with van der Waals surface area (Å²) in [4.78, 5) is 36.4. The molecule has 2 heterocycles. The molecule has 1 aliphatic rings. The van der Waals surface area contributed by atoms with Crippen LogP contribution in [0.2, 0.25) is 0 Å². The molecule has 1 N–H and O–H groups in total. The number of amides is 2. The maximum Gasteiger partial charge on any atom is 0.409 e. The highest BCUT2D eigenvalue weighted by atomic mass is 16.6. The minimum absolute atomic E-state index is 0.185. The van der Waals surface area contributed by atoms with Gasteiger partial charge in [0.2, 0.25) is 0 Å². The molecule has 1 aromatic heterocycles. The normalized spacial score (nSPS) is 14.1. The quantitative estimate of drug-likeness (QED) is 0.833. The Bertz CT molecular complexity index is 846. The van der Waals surface area contributed by atoms with Crippen LogP contribution in [-0.4, -0.2) is 64.6 Å². The van der Waals surface area contributed by atoms with Gasteiger partial charge in [0.25, 0.3) is 5.91 Å². The first-order chi connectivity index (χ1) is 14.0. The van der Waals surface area contributed by atoms with Gasteiger partial charge in [0.05, 0.1) is 19.0 Å². The maximum atomic E-state index is 12.7. The highest BCUT2D eigenvalue weighted by Gasteiger charge is 2.26. The number of nitrogens with one attached hydrogen (secondary N) is 1. The SMILES string of the molecule is CCOC(=O)N1CCN(C(=O)c2cnc(Nc3ccccc3C(C)C)cn2)CC1. The molecule has 29 heavy (non-hydrogen) atoms. The van der Waals surface area contributed by atoms with E-state index in [1.165, 1.54) is 11.8 Å². The van der Waals surface area contributed by atoms with Gasteiger partial charge in [0, 0.05) is 31.9 Å². The maximum absolute atomic E-state index is 12.7. The number of rotatable bonds is 5. The summed E-state index contributed by atoms with van der Waals surface area (Å²) in [5.41, 5.74) is 2.46. The third-order valence-corrected chi connectivity index (χ3v) is 4.81. The summed E-state index contributed by atoms with van der Waals surface area (Å²) in [5.74, 6) is 0.776. The van der Waals surface area contributed by atoms with Gasteiger partial charge in [0.1, 0.15) is 11.5 Å². The second-order valence-electron chi connectivity index (χ2n) is 7.13. The number of para-hydroxylation sites is 1. The Labute approximate surface area is 170 Å². The molecule has 2 aromatic rings. The lowest BCUT2D eigenvalue weighted by Crippen LogP contribution is -2.50. The number of piperazine rings is 1. The molecular formula is C21H27N5O3. The van der Waals surface area contributed by atoms with Crippen molar-refractivity contribution in [3.05, 3.63) is 47.9 Å². The van der Waals surface area contributed by atoms with E-state index in [1.54, 1.807) is 22.9 Å². The Hall–Kier alpha value is -3.16. The standard InChI is InChI=1S/C21H27N5O3/c1-4-29-21(28)26-11-9-25(10-12-26)20(27)18-13-23-19(14-22-18)24-17-8-6-5-7-16(17)15(2)3/h5-8,13-15H,4,9-12H2,1-3H3,(H,23,24). The van der Waals surface area contributed by atoms with Crippen molar-refractivity contribution in [2.75, 3.05) is 38.1 Å². The summed E-state index contributed by atoms with van der Waals surface area (Å²) >= 11 is 0. The van der Waals surface area contributed by atoms with E-state index in [-0.39, 0.29) is 17.7 Å². The third kappa shape index (κ3) is 5.01. The molecule has 0 atom stereocenters. The summed E-state index contributed by atoms with van der Waals surface area (Å²) in [6.07, 6.45) is 2.72. The molecule has 1 aliphatic heterocycles. The Morgan fingerprint density at radius 2 is 1.76 bits per heavy atom. The van der Waals surface area contributed by atoms with E-state index in [2.05, 4.69) is 35.2 Å². The fourth-order valence-electron chi connectivity index (χ4n) is 3.22. The Balaban J connectivity index is 1.61. The van der Waals surface area contributed by atoms with Crippen molar-refractivity contribution in [1.29, 1.82) is 0 Å². The van der Waals surface area contributed by atoms with Crippen LogP contribution in [0.25, 0.3) is 0 Å². The number of carbonyl (C=O) groups excluding carboxylic acids is 2. The first-order valence-electron chi connectivity index (χ1n) is 9.88. The zero-order valence-electron chi connectivity index (χ0n) is 17.1. The van der Waals surface area contributed by atoms with Crippen LogP contribution in [0, 0.1) is 0 Å². The van der Waals surface area contributed by atoms with E-state index < -0.39 is 0 Å². The van der Waals surface area contributed by atoms with E-state index in [1.807, 2.05) is 18.2 Å². The van der Waals surface area contributed by atoms with Crippen LogP contribution in [0.5, 0.6) is 0 Å². The van der Waals surface area contributed by atoms with Crippen molar-refractivity contribution in [2.45, 2.75) is 26.7 Å². The molecule has 0 spiro atoms. The second kappa shape index (κ2) is 9.36. The van der Waals surface area contributed by atoms with Crippen LogP contribution in [0.4, 0.5) is 16.3 Å². The first kappa shape index (κ1) is 20.6. The number of hydrogen-bond acceptors (Lipinski definition) is 6. The molecule has 0 bridgehead atoms. The number of hydrogen-bond donors (Lipinski definition) is 1. The van der Waals surface area contributed by atoms with Gasteiger partial charge in [-0.1, -0.05) is 32.0 Å². The molecule has 154 valence electrons. The summed E-state index contributed by atoms with van der Waals surface area (Å²) in [5, 5.41) is 3.27. The van der Waals surface area contributed by atoms with E-state index in [9.17, 15) is 9.59 Å². The van der Waals surface area contributed by atoms with Crippen LogP contribution in [0.1, 0.15) is 42.7 Å². The molecule has 2 amide bonds. The molecule has 0 saturated carbocycles. The number of carbonyl (C=O) groups is 2. The predicted octanol–water partition coefficient (Wildman–Crippen LogP) is 3.26. The minimum atomic E-state index is -0.337. The van der Waals surface area contributed by atoms with Crippen LogP contribution in [0.15, 0.2) is 36.7 Å². The van der Waals surface area contributed by atoms with Gasteiger partial charge in [-0.15, -0.1) is 0 Å². The lowest BCUT2D eigenvalue weighted by molar-refractivity contribution is 0.0565. The van der Waals surface area contributed by atoms with Crippen LogP contribution >= 0.6 is 0 Å². The lowest BCUT2D eigenvalue weighted by Gasteiger charge is -2.33. The number of anilines is 2. The van der Waals surface area contributed by atoms with Crippen molar-refractivity contribution in [3.63, 3.8) is 0 Å². The van der Waals surface area contributed by atoms with E-state index in [0.717, 1.165) is 5.69 Å². The van der Waals surface area contributed by atoms with Gasteiger partial charge in [-0.05, 0) is 24.5 Å². The molecule has 8 heteroatoms. The van der Waals surface area contributed by atoms with E-state index in [4.69, 9.17) is 4.74 Å². The second-order valence-corrected chi connectivity index (χ2v) is 7.13. The summed E-state index contributed by atoms with van der Waals surface area (Å²) < 4.78 is 5.00. The van der Waals surface area contributed by atoms with Crippen molar-refractivity contribution >= 4 is 23.5 Å². The lowest BCUT2D eigenvalue weighted by atomic mass is 10.0. The van der Waals surface area contributed by atoms with Crippen molar-refractivity contribution in [3.8, 4) is 0 Å². The summed E-state index contributed by atoms with van der Waals surface area (Å²) in [6, 6.07) is 8.05. The topological polar surface area (TPSA) is 87.7 Å².